The molecule has 1 heterocycles. The van der Waals surface area contributed by atoms with Gasteiger partial charge in [-0.15, -0.1) is 0 Å². The van der Waals surface area contributed by atoms with Crippen molar-refractivity contribution in [2.75, 3.05) is 7.11 Å². The van der Waals surface area contributed by atoms with Gasteiger partial charge in [0.1, 0.15) is 30.5 Å². The molecule has 5 nitrogen and oxygen atoms in total. The number of hydrogen-bond acceptors (Lipinski definition) is 5. The molecule has 2 aromatic rings. The van der Waals surface area contributed by atoms with E-state index >= 15 is 0 Å². The first-order valence-electron chi connectivity index (χ1n) is 5.77. The maximum absolute atomic E-state index is 13.0. The molecule has 0 fully saturated rings. The van der Waals surface area contributed by atoms with Gasteiger partial charge in [0.2, 0.25) is 0 Å². The molecule has 0 aliphatic carbocycles. The van der Waals surface area contributed by atoms with Crippen molar-refractivity contribution in [3.8, 4) is 5.75 Å². The van der Waals surface area contributed by atoms with E-state index in [0.717, 1.165) is 0 Å². The van der Waals surface area contributed by atoms with Gasteiger partial charge in [0.05, 0.1) is 0 Å². The Morgan fingerprint density at radius 2 is 2.16 bits per heavy atom. The maximum atomic E-state index is 13.0. The van der Waals surface area contributed by atoms with Crippen molar-refractivity contribution in [3.63, 3.8) is 0 Å². The summed E-state index contributed by atoms with van der Waals surface area (Å²) >= 11 is 0. The summed E-state index contributed by atoms with van der Waals surface area (Å²) in [6, 6.07) is 5.98. The third-order valence-corrected chi connectivity index (χ3v) is 2.51. The third kappa shape index (κ3) is 3.52. The fourth-order valence-electron chi connectivity index (χ4n) is 1.63. The van der Waals surface area contributed by atoms with Crippen molar-refractivity contribution in [2.24, 2.45) is 5.73 Å². The number of halogens is 1. The zero-order valence-electron chi connectivity index (χ0n) is 10.6. The average Bonchev–Trinajstić information content (AvgIpc) is 2.85. The fraction of sp³-hybridized carbons (Fsp3) is 0.308. The molecule has 19 heavy (non-hydrogen) atoms. The van der Waals surface area contributed by atoms with Crippen LogP contribution in [-0.4, -0.2) is 12.3 Å². The number of rotatable bonds is 6. The van der Waals surface area contributed by atoms with Gasteiger partial charge >= 0.3 is 0 Å². The predicted molar refractivity (Wildman–Crippen MR) is 65.8 cm³/mol. The standard InChI is InChI=1S/C13H15FN2O3/c1-17-8-12-5-11(16-19-12)7-18-13-3-2-10(14)4-9(13)6-15/h2-5H,6-8,15H2,1H3. The van der Waals surface area contributed by atoms with Crippen LogP contribution in [0.5, 0.6) is 5.75 Å². The molecule has 0 atom stereocenters. The molecule has 0 saturated carbocycles. The highest BCUT2D eigenvalue weighted by Crippen LogP contribution is 2.20. The highest BCUT2D eigenvalue weighted by molar-refractivity contribution is 5.33. The summed E-state index contributed by atoms with van der Waals surface area (Å²) in [5.41, 5.74) is 6.78. The summed E-state index contributed by atoms with van der Waals surface area (Å²) in [5.74, 6) is 0.830. The fourth-order valence-corrected chi connectivity index (χ4v) is 1.63. The summed E-state index contributed by atoms with van der Waals surface area (Å²) in [6.07, 6.45) is 0. The molecular weight excluding hydrogens is 251 g/mol. The van der Waals surface area contributed by atoms with Gasteiger partial charge in [0, 0.05) is 25.3 Å². The molecule has 102 valence electrons. The third-order valence-electron chi connectivity index (χ3n) is 2.51. The second kappa shape index (κ2) is 6.31. The molecule has 0 unspecified atom stereocenters. The molecule has 2 rings (SSSR count). The molecule has 0 saturated heterocycles. The number of nitrogens with zero attached hydrogens (tertiary/aromatic N) is 1. The van der Waals surface area contributed by atoms with Crippen molar-refractivity contribution < 1.29 is 18.4 Å². The van der Waals surface area contributed by atoms with Crippen molar-refractivity contribution >= 4 is 0 Å². The number of methoxy groups -OCH3 is 1. The lowest BCUT2D eigenvalue weighted by molar-refractivity contribution is 0.155. The van der Waals surface area contributed by atoms with Gasteiger partial charge < -0.3 is 19.7 Å². The second-order valence-electron chi connectivity index (χ2n) is 3.96. The molecular formula is C13H15FN2O3. The van der Waals surface area contributed by atoms with Crippen LogP contribution in [0.2, 0.25) is 0 Å². The molecule has 0 aliphatic heterocycles. The zero-order chi connectivity index (χ0) is 13.7. The second-order valence-corrected chi connectivity index (χ2v) is 3.96. The zero-order valence-corrected chi connectivity index (χ0v) is 10.6. The van der Waals surface area contributed by atoms with Crippen LogP contribution >= 0.6 is 0 Å². The number of ether oxygens (including phenoxy) is 2. The minimum absolute atomic E-state index is 0.209. The Morgan fingerprint density at radius 1 is 1.32 bits per heavy atom. The van der Waals surface area contributed by atoms with Gasteiger partial charge in [0.15, 0.2) is 5.76 Å². The van der Waals surface area contributed by atoms with E-state index in [1.54, 1.807) is 19.2 Å². The summed E-state index contributed by atoms with van der Waals surface area (Å²) in [5, 5.41) is 3.84. The van der Waals surface area contributed by atoms with Gasteiger partial charge in [-0.05, 0) is 18.2 Å². The van der Waals surface area contributed by atoms with E-state index in [1.165, 1.54) is 12.1 Å². The Bertz CT molecular complexity index is 542. The summed E-state index contributed by atoms with van der Waals surface area (Å²) in [7, 11) is 1.57. The van der Waals surface area contributed by atoms with Crippen LogP contribution in [0.3, 0.4) is 0 Å². The van der Waals surface area contributed by atoms with Gasteiger partial charge in [-0.3, -0.25) is 0 Å². The Morgan fingerprint density at radius 3 is 2.89 bits per heavy atom. The summed E-state index contributed by atoms with van der Waals surface area (Å²) in [4.78, 5) is 0. The van der Waals surface area contributed by atoms with Crippen LogP contribution in [0.4, 0.5) is 4.39 Å². The van der Waals surface area contributed by atoms with Gasteiger partial charge in [0.25, 0.3) is 0 Å². The minimum Gasteiger partial charge on any atom is -0.487 e. The molecule has 2 N–H and O–H groups in total. The quantitative estimate of drug-likeness (QED) is 0.865. The smallest absolute Gasteiger partial charge is 0.162 e. The number of benzene rings is 1. The molecule has 1 aromatic carbocycles. The monoisotopic (exact) mass is 266 g/mol. The van der Waals surface area contributed by atoms with Crippen LogP contribution in [0, 0.1) is 5.82 Å². The molecule has 1 aromatic heterocycles. The lowest BCUT2D eigenvalue weighted by Gasteiger charge is -2.08. The highest BCUT2D eigenvalue weighted by Gasteiger charge is 2.07. The Hall–Kier alpha value is -1.92. The Kier molecular flexibility index (Phi) is 4.48. The molecule has 0 radical (unpaired) electrons. The van der Waals surface area contributed by atoms with Gasteiger partial charge in [-0.2, -0.15) is 0 Å². The van der Waals surface area contributed by atoms with E-state index < -0.39 is 0 Å². The van der Waals surface area contributed by atoms with Crippen LogP contribution in [0.15, 0.2) is 28.8 Å². The maximum Gasteiger partial charge on any atom is 0.162 e. The summed E-state index contributed by atoms with van der Waals surface area (Å²) < 4.78 is 28.5. The van der Waals surface area contributed by atoms with Crippen LogP contribution < -0.4 is 10.5 Å². The molecule has 6 heteroatoms. The van der Waals surface area contributed by atoms with Gasteiger partial charge in [-0.25, -0.2) is 4.39 Å². The van der Waals surface area contributed by atoms with Crippen LogP contribution in [-0.2, 0) is 24.5 Å². The van der Waals surface area contributed by atoms with E-state index in [1.807, 2.05) is 0 Å². The summed E-state index contributed by atoms with van der Waals surface area (Å²) in [6.45, 7) is 0.796. The van der Waals surface area contributed by atoms with E-state index in [4.69, 9.17) is 19.7 Å². The molecule has 0 spiro atoms. The van der Waals surface area contributed by atoms with E-state index in [9.17, 15) is 4.39 Å². The van der Waals surface area contributed by atoms with E-state index in [-0.39, 0.29) is 19.0 Å². The minimum atomic E-state index is -0.336. The topological polar surface area (TPSA) is 70.5 Å². The Labute approximate surface area is 110 Å². The molecule has 0 amide bonds. The van der Waals surface area contributed by atoms with Crippen molar-refractivity contribution in [3.05, 3.63) is 47.1 Å². The first-order chi connectivity index (χ1) is 9.22. The van der Waals surface area contributed by atoms with E-state index in [2.05, 4.69) is 5.16 Å². The normalized spacial score (nSPS) is 10.7. The van der Waals surface area contributed by atoms with Crippen LogP contribution in [0.1, 0.15) is 17.0 Å². The van der Waals surface area contributed by atoms with E-state index in [0.29, 0.717) is 29.4 Å². The highest BCUT2D eigenvalue weighted by atomic mass is 19.1. The first-order valence-corrected chi connectivity index (χ1v) is 5.77. The average molecular weight is 266 g/mol. The molecule has 0 aliphatic rings. The van der Waals surface area contributed by atoms with Crippen molar-refractivity contribution in [1.29, 1.82) is 0 Å². The van der Waals surface area contributed by atoms with Crippen LogP contribution in [0.25, 0.3) is 0 Å². The van der Waals surface area contributed by atoms with Crippen molar-refractivity contribution in [1.82, 2.24) is 5.16 Å². The number of hydrogen-bond donors (Lipinski definition) is 1. The number of nitrogens with two attached hydrogens (primary N) is 1. The first kappa shape index (κ1) is 13.5. The Balaban J connectivity index is 2.01. The molecule has 0 bridgehead atoms. The predicted octanol–water partition coefficient (Wildman–Crippen LogP) is 2.00. The lowest BCUT2D eigenvalue weighted by Crippen LogP contribution is -2.03. The lowest BCUT2D eigenvalue weighted by atomic mass is 10.2. The number of aromatic nitrogens is 1. The SMILES string of the molecule is COCc1cc(COc2ccc(F)cc2CN)no1. The largest absolute Gasteiger partial charge is 0.487 e. The van der Waals surface area contributed by atoms with Crippen molar-refractivity contribution in [2.45, 2.75) is 19.8 Å². The van der Waals surface area contributed by atoms with Gasteiger partial charge in [-0.1, -0.05) is 5.16 Å².